The average molecular weight is 401 g/mol. The molecule has 30 heavy (non-hydrogen) atoms. The minimum absolute atomic E-state index is 0.101. The zero-order chi connectivity index (χ0) is 20.6. The van der Waals surface area contributed by atoms with Gasteiger partial charge in [0.05, 0.1) is 12.3 Å². The van der Waals surface area contributed by atoms with Gasteiger partial charge in [-0.15, -0.1) is 0 Å². The lowest BCUT2D eigenvalue weighted by Crippen LogP contribution is -2.44. The Bertz CT molecular complexity index is 944. The number of piperidine rings is 1. The van der Waals surface area contributed by atoms with Crippen molar-refractivity contribution in [3.05, 3.63) is 90.1 Å². The Labute approximate surface area is 178 Å². The third kappa shape index (κ3) is 4.95. The summed E-state index contributed by atoms with van der Waals surface area (Å²) in [6.45, 7) is 2.08. The second-order valence-corrected chi connectivity index (χ2v) is 7.74. The van der Waals surface area contributed by atoms with Crippen LogP contribution in [0.1, 0.15) is 41.6 Å². The molecule has 4 rings (SSSR count). The van der Waals surface area contributed by atoms with E-state index in [9.17, 15) is 4.79 Å². The van der Waals surface area contributed by atoms with E-state index in [4.69, 9.17) is 4.74 Å². The fourth-order valence-electron chi connectivity index (χ4n) is 4.12. The fraction of sp³-hybridized carbons (Fsp3) is 0.308. The molecule has 0 bridgehead atoms. The summed E-state index contributed by atoms with van der Waals surface area (Å²) in [6, 6.07) is 24.0. The third-order valence-electron chi connectivity index (χ3n) is 5.69. The summed E-state index contributed by atoms with van der Waals surface area (Å²) in [5.74, 6) is 0.101. The maximum atomic E-state index is 13.5. The van der Waals surface area contributed by atoms with Gasteiger partial charge in [-0.05, 0) is 49.4 Å². The predicted octanol–water partition coefficient (Wildman–Crippen LogP) is 5.35. The molecule has 1 fully saturated rings. The van der Waals surface area contributed by atoms with Gasteiger partial charge in [-0.1, -0.05) is 54.6 Å². The number of amides is 1. The molecule has 0 aliphatic carbocycles. The normalized spacial score (nSPS) is 16.4. The van der Waals surface area contributed by atoms with Crippen molar-refractivity contribution < 1.29 is 9.53 Å². The van der Waals surface area contributed by atoms with Gasteiger partial charge in [0.25, 0.3) is 5.91 Å². The molecule has 2 heterocycles. The number of nitrogens with zero attached hydrogens (tertiary/aromatic N) is 2. The molecule has 1 saturated heterocycles. The first-order valence-corrected chi connectivity index (χ1v) is 10.8. The fourth-order valence-corrected chi connectivity index (χ4v) is 4.12. The Balaban J connectivity index is 1.43. The van der Waals surface area contributed by atoms with Crippen molar-refractivity contribution in [2.75, 3.05) is 13.2 Å². The van der Waals surface area contributed by atoms with E-state index in [1.807, 2.05) is 60.7 Å². The maximum absolute atomic E-state index is 13.5. The van der Waals surface area contributed by atoms with Crippen LogP contribution < -0.4 is 0 Å². The van der Waals surface area contributed by atoms with Gasteiger partial charge in [-0.25, -0.2) is 0 Å². The first kappa shape index (κ1) is 20.3. The van der Waals surface area contributed by atoms with Gasteiger partial charge < -0.3 is 9.64 Å². The number of benzene rings is 2. The van der Waals surface area contributed by atoms with Crippen molar-refractivity contribution in [1.29, 1.82) is 0 Å². The number of likely N-dealkylation sites (tertiary alicyclic amines) is 1. The SMILES string of the molecule is O=C(c1ccccc1-c1ccccn1)N1CCCCC1CCOCc1ccccc1. The molecule has 2 aromatic carbocycles. The van der Waals surface area contributed by atoms with Crippen LogP contribution in [0.3, 0.4) is 0 Å². The van der Waals surface area contributed by atoms with Gasteiger partial charge >= 0.3 is 0 Å². The van der Waals surface area contributed by atoms with E-state index in [0.717, 1.165) is 49.0 Å². The first-order valence-electron chi connectivity index (χ1n) is 10.8. The van der Waals surface area contributed by atoms with Crippen molar-refractivity contribution in [3.8, 4) is 11.3 Å². The number of rotatable bonds is 7. The van der Waals surface area contributed by atoms with Gasteiger partial charge in [0.1, 0.15) is 0 Å². The molecule has 4 heteroatoms. The van der Waals surface area contributed by atoms with E-state index in [-0.39, 0.29) is 11.9 Å². The van der Waals surface area contributed by atoms with Crippen molar-refractivity contribution in [3.63, 3.8) is 0 Å². The molecule has 1 atom stereocenters. The average Bonchev–Trinajstić information content (AvgIpc) is 2.83. The van der Waals surface area contributed by atoms with Crippen LogP contribution >= 0.6 is 0 Å². The number of hydrogen-bond donors (Lipinski definition) is 0. The highest BCUT2D eigenvalue weighted by molar-refractivity contribution is 6.00. The van der Waals surface area contributed by atoms with Crippen LogP contribution in [0.15, 0.2) is 79.0 Å². The van der Waals surface area contributed by atoms with Crippen molar-refractivity contribution in [1.82, 2.24) is 9.88 Å². The summed E-state index contributed by atoms with van der Waals surface area (Å²) in [5, 5.41) is 0. The van der Waals surface area contributed by atoms with Gasteiger partial charge in [-0.2, -0.15) is 0 Å². The monoisotopic (exact) mass is 400 g/mol. The molecule has 1 aliphatic rings. The molecule has 0 N–H and O–H groups in total. The minimum Gasteiger partial charge on any atom is -0.377 e. The molecule has 1 aromatic heterocycles. The Morgan fingerprint density at radius 1 is 0.967 bits per heavy atom. The van der Waals surface area contributed by atoms with Gasteiger partial charge in [0.2, 0.25) is 0 Å². The van der Waals surface area contributed by atoms with E-state index < -0.39 is 0 Å². The largest absolute Gasteiger partial charge is 0.377 e. The predicted molar refractivity (Wildman–Crippen MR) is 119 cm³/mol. The standard InChI is InChI=1S/C26H28N2O2/c29-26(24-14-5-4-13-23(24)25-15-6-8-17-27-25)28-18-9-7-12-22(28)16-19-30-20-21-10-2-1-3-11-21/h1-6,8,10-11,13-15,17,22H,7,9,12,16,18-20H2. The highest BCUT2D eigenvalue weighted by Gasteiger charge is 2.28. The summed E-state index contributed by atoms with van der Waals surface area (Å²) in [7, 11) is 0. The molecule has 3 aromatic rings. The van der Waals surface area contributed by atoms with Crippen LogP contribution in [0.25, 0.3) is 11.3 Å². The van der Waals surface area contributed by atoms with Gasteiger partial charge in [-0.3, -0.25) is 9.78 Å². The zero-order valence-corrected chi connectivity index (χ0v) is 17.2. The lowest BCUT2D eigenvalue weighted by atomic mass is 9.96. The summed E-state index contributed by atoms with van der Waals surface area (Å²) in [5.41, 5.74) is 3.64. The first-order chi connectivity index (χ1) is 14.8. The topological polar surface area (TPSA) is 42.4 Å². The lowest BCUT2D eigenvalue weighted by Gasteiger charge is -2.36. The Kier molecular flexibility index (Phi) is 6.88. The van der Waals surface area contributed by atoms with Gasteiger partial charge in [0.15, 0.2) is 0 Å². The summed E-state index contributed by atoms with van der Waals surface area (Å²) in [6.07, 6.45) is 5.88. The molecule has 4 nitrogen and oxygen atoms in total. The van der Waals surface area contributed by atoms with Crippen LogP contribution in [0, 0.1) is 0 Å². The smallest absolute Gasteiger partial charge is 0.254 e. The summed E-state index contributed by atoms with van der Waals surface area (Å²) < 4.78 is 5.90. The van der Waals surface area contributed by atoms with E-state index >= 15 is 0 Å². The lowest BCUT2D eigenvalue weighted by molar-refractivity contribution is 0.0495. The van der Waals surface area contributed by atoms with E-state index in [0.29, 0.717) is 13.2 Å². The van der Waals surface area contributed by atoms with E-state index in [1.165, 1.54) is 5.56 Å². The summed E-state index contributed by atoms with van der Waals surface area (Å²) >= 11 is 0. The van der Waals surface area contributed by atoms with Crippen molar-refractivity contribution in [2.24, 2.45) is 0 Å². The third-order valence-corrected chi connectivity index (χ3v) is 5.69. The molecule has 1 unspecified atom stereocenters. The van der Waals surface area contributed by atoms with Crippen LogP contribution in [0.4, 0.5) is 0 Å². The molecule has 0 radical (unpaired) electrons. The minimum atomic E-state index is 0.101. The Morgan fingerprint density at radius 3 is 2.60 bits per heavy atom. The molecule has 1 amide bonds. The molecular formula is C26H28N2O2. The van der Waals surface area contributed by atoms with Crippen LogP contribution in [-0.2, 0) is 11.3 Å². The molecule has 0 saturated carbocycles. The zero-order valence-electron chi connectivity index (χ0n) is 17.2. The van der Waals surface area contributed by atoms with Crippen molar-refractivity contribution in [2.45, 2.75) is 38.3 Å². The van der Waals surface area contributed by atoms with E-state index in [2.05, 4.69) is 22.0 Å². The second-order valence-electron chi connectivity index (χ2n) is 7.74. The Hall–Kier alpha value is -2.98. The number of carbonyl (C=O) groups excluding carboxylic acids is 1. The van der Waals surface area contributed by atoms with Crippen LogP contribution in [0.5, 0.6) is 0 Å². The number of aromatic nitrogens is 1. The van der Waals surface area contributed by atoms with Crippen LogP contribution in [-0.4, -0.2) is 35.0 Å². The highest BCUT2D eigenvalue weighted by Crippen LogP contribution is 2.27. The van der Waals surface area contributed by atoms with Crippen LogP contribution in [0.2, 0.25) is 0 Å². The number of ether oxygens (including phenoxy) is 1. The molecule has 1 aliphatic heterocycles. The molecule has 0 spiro atoms. The van der Waals surface area contributed by atoms with E-state index in [1.54, 1.807) is 6.20 Å². The van der Waals surface area contributed by atoms with Crippen molar-refractivity contribution >= 4 is 5.91 Å². The highest BCUT2D eigenvalue weighted by atomic mass is 16.5. The second kappa shape index (κ2) is 10.2. The number of pyridine rings is 1. The Morgan fingerprint density at radius 2 is 1.77 bits per heavy atom. The molecule has 154 valence electrons. The summed E-state index contributed by atoms with van der Waals surface area (Å²) in [4.78, 5) is 20.0. The van der Waals surface area contributed by atoms with Gasteiger partial charge in [0, 0.05) is 36.5 Å². The number of hydrogen-bond acceptors (Lipinski definition) is 3. The quantitative estimate of drug-likeness (QED) is 0.502. The maximum Gasteiger partial charge on any atom is 0.254 e. The number of carbonyl (C=O) groups is 1. The molecular weight excluding hydrogens is 372 g/mol.